The highest BCUT2D eigenvalue weighted by Gasteiger charge is 2.06. The number of aromatic nitrogens is 1. The second-order valence-electron chi connectivity index (χ2n) is 4.05. The smallest absolute Gasteiger partial charge is 0.0491 e. The van der Waals surface area contributed by atoms with E-state index >= 15 is 0 Å². The number of hydrogen-bond donors (Lipinski definition) is 0. The van der Waals surface area contributed by atoms with Crippen LogP contribution in [0.1, 0.15) is 19.8 Å². The Bertz CT molecular complexity index is 617. The molecule has 1 heterocycles. The van der Waals surface area contributed by atoms with Crippen molar-refractivity contribution in [1.29, 1.82) is 0 Å². The van der Waals surface area contributed by atoms with E-state index in [2.05, 4.69) is 47.9 Å². The lowest BCUT2D eigenvalue weighted by molar-refractivity contribution is 0.766. The lowest BCUT2D eigenvalue weighted by atomic mass is 10.1. The van der Waals surface area contributed by atoms with Crippen LogP contribution in [-0.2, 0) is 6.54 Å². The molecule has 0 fully saturated rings. The third-order valence-corrected chi connectivity index (χ3v) is 3.22. The highest BCUT2D eigenvalue weighted by atomic mass is 15.0. The second kappa shape index (κ2) is 3.27. The van der Waals surface area contributed by atoms with Gasteiger partial charge in [0.15, 0.2) is 0 Å². The van der Waals surface area contributed by atoms with E-state index in [0.29, 0.717) is 0 Å². The number of para-hydroxylation sites is 1. The molecule has 0 saturated heterocycles. The maximum Gasteiger partial charge on any atom is 0.0491 e. The molecule has 0 atom stereocenters. The van der Waals surface area contributed by atoms with E-state index in [-0.39, 0.29) is 0 Å². The van der Waals surface area contributed by atoms with E-state index in [1.54, 1.807) is 0 Å². The van der Waals surface area contributed by atoms with Gasteiger partial charge < -0.3 is 4.57 Å². The monoisotopic (exact) mass is 197 g/mol. The molecule has 1 aromatic carbocycles. The summed E-state index contributed by atoms with van der Waals surface area (Å²) < 4.78 is 2.42. The van der Waals surface area contributed by atoms with Crippen LogP contribution in [0.5, 0.6) is 0 Å². The minimum absolute atomic E-state index is 1.06. The van der Waals surface area contributed by atoms with Crippen LogP contribution in [-0.4, -0.2) is 4.57 Å². The predicted molar refractivity (Wildman–Crippen MR) is 65.0 cm³/mol. The van der Waals surface area contributed by atoms with E-state index in [0.717, 1.165) is 6.54 Å². The fourth-order valence-electron chi connectivity index (χ4n) is 2.57. The van der Waals surface area contributed by atoms with Crippen molar-refractivity contribution >= 4 is 23.1 Å². The SMILES string of the molecule is CCn1c2c(c3ccccc31)=CCCC=2. The molecule has 0 unspecified atom stereocenters. The molecule has 1 aliphatic rings. The van der Waals surface area contributed by atoms with Crippen LogP contribution in [0.2, 0.25) is 0 Å². The average molecular weight is 197 g/mol. The average Bonchev–Trinajstić information content (AvgIpc) is 2.63. The molecule has 3 rings (SSSR count). The Morgan fingerprint density at radius 2 is 1.93 bits per heavy atom. The summed E-state index contributed by atoms with van der Waals surface area (Å²) in [6.07, 6.45) is 7.12. The van der Waals surface area contributed by atoms with Gasteiger partial charge >= 0.3 is 0 Å². The number of aryl methyl sites for hydroxylation is 1. The first kappa shape index (κ1) is 8.78. The first-order valence-electron chi connectivity index (χ1n) is 5.69. The van der Waals surface area contributed by atoms with E-state index in [4.69, 9.17) is 0 Å². The summed E-state index contributed by atoms with van der Waals surface area (Å²) in [7, 11) is 0. The number of rotatable bonds is 1. The molecule has 15 heavy (non-hydrogen) atoms. The van der Waals surface area contributed by atoms with E-state index in [1.807, 2.05) is 0 Å². The molecule has 76 valence electrons. The third-order valence-electron chi connectivity index (χ3n) is 3.22. The summed E-state index contributed by atoms with van der Waals surface area (Å²) >= 11 is 0. The molecule has 1 nitrogen and oxygen atoms in total. The summed E-state index contributed by atoms with van der Waals surface area (Å²) in [5.41, 5.74) is 1.37. The lowest BCUT2D eigenvalue weighted by Gasteiger charge is -2.02. The lowest BCUT2D eigenvalue weighted by Crippen LogP contribution is -2.30. The molecule has 0 aliphatic heterocycles. The third kappa shape index (κ3) is 1.16. The van der Waals surface area contributed by atoms with Gasteiger partial charge in [0.1, 0.15) is 0 Å². The highest BCUT2D eigenvalue weighted by Crippen LogP contribution is 2.10. The zero-order chi connectivity index (χ0) is 10.3. The van der Waals surface area contributed by atoms with Crippen molar-refractivity contribution in [1.82, 2.24) is 4.57 Å². The zero-order valence-corrected chi connectivity index (χ0v) is 9.03. The molecule has 1 heteroatoms. The zero-order valence-electron chi connectivity index (χ0n) is 9.03. The quantitative estimate of drug-likeness (QED) is 0.659. The molecular weight excluding hydrogens is 182 g/mol. The molecule has 0 bridgehead atoms. The predicted octanol–water partition coefficient (Wildman–Crippen LogP) is 2.02. The summed E-state index contributed by atoms with van der Waals surface area (Å²) in [5.74, 6) is 0. The number of hydrogen-bond acceptors (Lipinski definition) is 0. The van der Waals surface area contributed by atoms with E-state index < -0.39 is 0 Å². The van der Waals surface area contributed by atoms with Gasteiger partial charge in [-0.05, 0) is 25.8 Å². The molecule has 0 amide bonds. The summed E-state index contributed by atoms with van der Waals surface area (Å²) in [6, 6.07) is 8.71. The van der Waals surface area contributed by atoms with Gasteiger partial charge in [-0.25, -0.2) is 0 Å². The Labute approximate surface area is 89.3 Å². The van der Waals surface area contributed by atoms with Gasteiger partial charge in [-0.15, -0.1) is 0 Å². The van der Waals surface area contributed by atoms with Crippen molar-refractivity contribution in [2.75, 3.05) is 0 Å². The fourth-order valence-corrected chi connectivity index (χ4v) is 2.57. The molecule has 2 aromatic rings. The van der Waals surface area contributed by atoms with E-state index in [1.165, 1.54) is 34.3 Å². The van der Waals surface area contributed by atoms with Crippen molar-refractivity contribution < 1.29 is 0 Å². The second-order valence-corrected chi connectivity index (χ2v) is 4.05. The van der Waals surface area contributed by atoms with Crippen LogP contribution in [0.4, 0.5) is 0 Å². The highest BCUT2D eigenvalue weighted by molar-refractivity contribution is 5.82. The van der Waals surface area contributed by atoms with Crippen LogP contribution in [0.15, 0.2) is 24.3 Å². The van der Waals surface area contributed by atoms with Gasteiger partial charge in [0, 0.05) is 28.0 Å². The fraction of sp³-hybridized carbons (Fsp3) is 0.286. The molecule has 0 saturated carbocycles. The molecule has 1 aliphatic carbocycles. The van der Waals surface area contributed by atoms with Gasteiger partial charge in [0.25, 0.3) is 0 Å². The van der Waals surface area contributed by atoms with Crippen LogP contribution in [0.3, 0.4) is 0 Å². The van der Waals surface area contributed by atoms with Crippen LogP contribution < -0.4 is 10.6 Å². The maximum absolute atomic E-state index is 2.42. The van der Waals surface area contributed by atoms with Gasteiger partial charge in [-0.2, -0.15) is 0 Å². The van der Waals surface area contributed by atoms with Crippen LogP contribution in [0.25, 0.3) is 23.1 Å². The van der Waals surface area contributed by atoms with Crippen LogP contribution >= 0.6 is 0 Å². The first-order valence-corrected chi connectivity index (χ1v) is 5.69. The van der Waals surface area contributed by atoms with Gasteiger partial charge in [0.2, 0.25) is 0 Å². The van der Waals surface area contributed by atoms with Crippen LogP contribution in [0, 0.1) is 0 Å². The first-order chi connectivity index (χ1) is 7.42. The van der Waals surface area contributed by atoms with Crippen molar-refractivity contribution in [3.05, 3.63) is 34.8 Å². The van der Waals surface area contributed by atoms with Crippen molar-refractivity contribution in [2.45, 2.75) is 26.3 Å². The molecule has 0 spiro atoms. The standard InChI is InChI=1S/C14H15N/c1-2-15-13-9-5-3-7-11(13)12-8-4-6-10-14(12)15/h3,5,7-10H,2,4,6H2,1H3. The Hall–Kier alpha value is -1.50. The molecule has 1 aromatic heterocycles. The van der Waals surface area contributed by atoms with Gasteiger partial charge in [0.05, 0.1) is 0 Å². The number of benzene rings is 1. The summed E-state index contributed by atoms with van der Waals surface area (Å²) in [6.45, 7) is 3.27. The Morgan fingerprint density at radius 3 is 2.80 bits per heavy atom. The molecule has 0 radical (unpaired) electrons. The van der Waals surface area contributed by atoms with E-state index in [9.17, 15) is 0 Å². The Morgan fingerprint density at radius 1 is 1.13 bits per heavy atom. The minimum atomic E-state index is 1.06. The Kier molecular flexibility index (Phi) is 1.91. The normalized spacial score (nSPS) is 14.5. The number of nitrogens with zero attached hydrogens (tertiary/aromatic N) is 1. The van der Waals surface area contributed by atoms with Crippen molar-refractivity contribution in [2.24, 2.45) is 0 Å². The van der Waals surface area contributed by atoms with Gasteiger partial charge in [-0.1, -0.05) is 30.4 Å². The topological polar surface area (TPSA) is 4.93 Å². The summed E-state index contributed by atoms with van der Waals surface area (Å²) in [5, 5.41) is 4.27. The molecular formula is C14H15N. The maximum atomic E-state index is 2.42. The van der Waals surface area contributed by atoms with Crippen molar-refractivity contribution in [3.8, 4) is 0 Å². The van der Waals surface area contributed by atoms with Gasteiger partial charge in [-0.3, -0.25) is 0 Å². The summed E-state index contributed by atoms with van der Waals surface area (Å²) in [4.78, 5) is 0. The minimum Gasteiger partial charge on any atom is -0.341 e. The Balaban J connectivity index is 2.61. The molecule has 0 N–H and O–H groups in total. The largest absolute Gasteiger partial charge is 0.341 e. The number of fused-ring (bicyclic) bond motifs is 3. The van der Waals surface area contributed by atoms with Crippen molar-refractivity contribution in [3.63, 3.8) is 0 Å².